The monoisotopic (exact) mass is 246 g/mol. The highest BCUT2D eigenvalue weighted by Gasteiger charge is 2.25. The molecule has 0 bridgehead atoms. The first-order valence-corrected chi connectivity index (χ1v) is 5.59. The molecule has 7 heteroatoms. The van der Waals surface area contributed by atoms with E-state index in [4.69, 9.17) is 15.3 Å². The summed E-state index contributed by atoms with van der Waals surface area (Å²) >= 11 is 0. The number of aliphatic hydroxyl groups excluding tert-OH is 2. The maximum Gasteiger partial charge on any atom is 0.332 e. The van der Waals surface area contributed by atoms with Gasteiger partial charge in [-0.05, 0) is 6.42 Å². The molecule has 0 radical (unpaired) electrons. The molecule has 1 saturated heterocycles. The van der Waals surface area contributed by atoms with Crippen molar-refractivity contribution in [1.82, 2.24) is 10.2 Å². The Morgan fingerprint density at radius 3 is 2.71 bits per heavy atom. The number of nitrogens with one attached hydrogen (secondary N) is 1. The Labute approximate surface area is 99.0 Å². The topological polar surface area (TPSA) is 110 Å². The van der Waals surface area contributed by atoms with Gasteiger partial charge in [-0.15, -0.1) is 0 Å². The van der Waals surface area contributed by atoms with E-state index in [1.807, 2.05) is 0 Å². The number of amides is 2. The van der Waals surface area contributed by atoms with Crippen molar-refractivity contribution < 1.29 is 24.9 Å². The molecule has 4 N–H and O–H groups in total. The number of carbonyl (C=O) groups is 2. The first-order valence-electron chi connectivity index (χ1n) is 5.59. The second-order valence-electron chi connectivity index (χ2n) is 4.16. The zero-order chi connectivity index (χ0) is 12.8. The molecule has 1 unspecified atom stereocenters. The first-order chi connectivity index (χ1) is 8.04. The van der Waals surface area contributed by atoms with Crippen LogP contribution in [-0.2, 0) is 4.79 Å². The minimum atomic E-state index is -1.45. The van der Waals surface area contributed by atoms with Crippen LogP contribution in [0.3, 0.4) is 0 Å². The molecule has 0 spiro atoms. The van der Waals surface area contributed by atoms with Crippen molar-refractivity contribution >= 4 is 12.0 Å². The van der Waals surface area contributed by atoms with Gasteiger partial charge in [0.2, 0.25) is 0 Å². The van der Waals surface area contributed by atoms with E-state index in [1.54, 1.807) is 4.90 Å². The van der Waals surface area contributed by atoms with E-state index in [0.29, 0.717) is 13.1 Å². The molecule has 1 fully saturated rings. The van der Waals surface area contributed by atoms with Crippen molar-refractivity contribution in [3.05, 3.63) is 0 Å². The number of aliphatic carboxylic acids is 1. The fourth-order valence-corrected chi connectivity index (χ4v) is 1.72. The third-order valence-corrected chi connectivity index (χ3v) is 2.81. The molecule has 0 aromatic rings. The van der Waals surface area contributed by atoms with Crippen molar-refractivity contribution in [2.24, 2.45) is 5.92 Å². The van der Waals surface area contributed by atoms with Crippen LogP contribution < -0.4 is 5.32 Å². The van der Waals surface area contributed by atoms with Crippen molar-refractivity contribution in [2.45, 2.75) is 18.9 Å². The van der Waals surface area contributed by atoms with Crippen molar-refractivity contribution in [2.75, 3.05) is 26.2 Å². The highest BCUT2D eigenvalue weighted by Crippen LogP contribution is 2.14. The largest absolute Gasteiger partial charge is 0.479 e. The van der Waals surface area contributed by atoms with E-state index in [9.17, 15) is 9.59 Å². The van der Waals surface area contributed by atoms with Crippen molar-refractivity contribution in [3.8, 4) is 0 Å². The number of hydrogen-bond donors (Lipinski definition) is 4. The van der Waals surface area contributed by atoms with E-state index >= 15 is 0 Å². The number of urea groups is 1. The Bertz CT molecular complexity index is 284. The fraction of sp³-hybridized carbons (Fsp3) is 0.800. The average molecular weight is 246 g/mol. The Morgan fingerprint density at radius 2 is 2.18 bits per heavy atom. The first kappa shape index (κ1) is 13.7. The predicted octanol–water partition coefficient (Wildman–Crippen LogP) is -1.15. The lowest BCUT2D eigenvalue weighted by Crippen LogP contribution is -2.40. The Balaban J connectivity index is 2.20. The summed E-state index contributed by atoms with van der Waals surface area (Å²) in [6.07, 6.45) is -0.681. The molecule has 1 heterocycles. The molecule has 0 aromatic carbocycles. The number of hydrogen-bond acceptors (Lipinski definition) is 4. The normalized spacial score (nSPS) is 21.3. The summed E-state index contributed by atoms with van der Waals surface area (Å²) in [7, 11) is 0. The second-order valence-corrected chi connectivity index (χ2v) is 4.16. The number of carbonyl (C=O) groups excluding carboxylic acids is 1. The van der Waals surface area contributed by atoms with Gasteiger partial charge in [0.1, 0.15) is 0 Å². The SMILES string of the molecule is O=C(O)[C@@H](O)CCNC(=O)N1CCC(CO)C1. The molecule has 0 saturated carbocycles. The van der Waals surface area contributed by atoms with Crippen LogP contribution in [0.25, 0.3) is 0 Å². The number of nitrogens with zero attached hydrogens (tertiary/aromatic N) is 1. The lowest BCUT2D eigenvalue weighted by molar-refractivity contribution is -0.146. The Hall–Kier alpha value is -1.34. The van der Waals surface area contributed by atoms with E-state index in [1.165, 1.54) is 0 Å². The van der Waals surface area contributed by atoms with E-state index in [2.05, 4.69) is 5.32 Å². The zero-order valence-electron chi connectivity index (χ0n) is 9.50. The van der Waals surface area contributed by atoms with Gasteiger partial charge in [0, 0.05) is 38.6 Å². The third kappa shape index (κ3) is 4.20. The Morgan fingerprint density at radius 1 is 1.47 bits per heavy atom. The highest BCUT2D eigenvalue weighted by atomic mass is 16.4. The van der Waals surface area contributed by atoms with Gasteiger partial charge in [0.15, 0.2) is 6.10 Å². The highest BCUT2D eigenvalue weighted by molar-refractivity contribution is 5.75. The summed E-state index contributed by atoms with van der Waals surface area (Å²) in [5.74, 6) is -1.16. The number of aliphatic hydroxyl groups is 2. The van der Waals surface area contributed by atoms with Gasteiger partial charge in [0.05, 0.1) is 0 Å². The summed E-state index contributed by atoms with van der Waals surface area (Å²) in [4.78, 5) is 23.5. The van der Waals surface area contributed by atoms with Gasteiger partial charge in [-0.25, -0.2) is 9.59 Å². The number of carboxylic acids is 1. The maximum absolute atomic E-state index is 11.6. The molecule has 98 valence electrons. The van der Waals surface area contributed by atoms with Gasteiger partial charge in [-0.3, -0.25) is 0 Å². The number of likely N-dealkylation sites (tertiary alicyclic amines) is 1. The van der Waals surface area contributed by atoms with Gasteiger partial charge >= 0.3 is 12.0 Å². The van der Waals surface area contributed by atoms with E-state index in [-0.39, 0.29) is 31.5 Å². The molecular formula is C10H18N2O5. The summed E-state index contributed by atoms with van der Waals surface area (Å²) in [6.45, 7) is 1.30. The van der Waals surface area contributed by atoms with E-state index in [0.717, 1.165) is 6.42 Å². The van der Waals surface area contributed by atoms with Crippen LogP contribution in [-0.4, -0.2) is 64.6 Å². The van der Waals surface area contributed by atoms with Crippen LogP contribution in [0.5, 0.6) is 0 Å². The quantitative estimate of drug-likeness (QED) is 0.489. The molecule has 0 aromatic heterocycles. The molecule has 17 heavy (non-hydrogen) atoms. The van der Waals surface area contributed by atoms with Crippen LogP contribution in [0.1, 0.15) is 12.8 Å². The lowest BCUT2D eigenvalue weighted by atomic mass is 10.1. The fourth-order valence-electron chi connectivity index (χ4n) is 1.72. The predicted molar refractivity (Wildman–Crippen MR) is 58.4 cm³/mol. The zero-order valence-corrected chi connectivity index (χ0v) is 9.50. The van der Waals surface area contributed by atoms with Crippen LogP contribution in [0.4, 0.5) is 4.79 Å². The van der Waals surface area contributed by atoms with Gasteiger partial charge in [0.25, 0.3) is 0 Å². The van der Waals surface area contributed by atoms with Gasteiger partial charge in [-0.1, -0.05) is 0 Å². The summed E-state index contributed by atoms with van der Waals surface area (Å²) in [5.41, 5.74) is 0. The van der Waals surface area contributed by atoms with Crippen LogP contribution in [0.15, 0.2) is 0 Å². The summed E-state index contributed by atoms with van der Waals surface area (Å²) in [6, 6.07) is -0.279. The molecule has 2 atom stereocenters. The summed E-state index contributed by atoms with van der Waals surface area (Å²) in [5, 5.41) is 28.9. The average Bonchev–Trinajstić information content (AvgIpc) is 2.77. The van der Waals surface area contributed by atoms with Crippen LogP contribution >= 0.6 is 0 Å². The van der Waals surface area contributed by atoms with Crippen LogP contribution in [0.2, 0.25) is 0 Å². The second kappa shape index (κ2) is 6.41. The molecule has 1 rings (SSSR count). The maximum atomic E-state index is 11.6. The molecule has 1 aliphatic heterocycles. The standard InChI is InChI=1S/C10H18N2O5/c13-6-7-2-4-12(5-7)10(17)11-3-1-8(14)9(15)16/h7-8,13-14H,1-6H2,(H,11,17)(H,15,16)/t7?,8-/m0/s1. The van der Waals surface area contributed by atoms with Gasteiger partial charge in [-0.2, -0.15) is 0 Å². The number of carboxylic acid groups (broad SMARTS) is 1. The van der Waals surface area contributed by atoms with Crippen LogP contribution in [0, 0.1) is 5.92 Å². The van der Waals surface area contributed by atoms with Gasteiger partial charge < -0.3 is 25.5 Å². The summed E-state index contributed by atoms with van der Waals surface area (Å²) < 4.78 is 0. The molecule has 7 nitrogen and oxygen atoms in total. The molecule has 2 amide bonds. The van der Waals surface area contributed by atoms with E-state index < -0.39 is 12.1 Å². The van der Waals surface area contributed by atoms with Crippen molar-refractivity contribution in [1.29, 1.82) is 0 Å². The third-order valence-electron chi connectivity index (χ3n) is 2.81. The molecular weight excluding hydrogens is 228 g/mol. The molecule has 0 aliphatic carbocycles. The smallest absolute Gasteiger partial charge is 0.332 e. The minimum absolute atomic E-state index is 0.0155. The number of rotatable bonds is 5. The lowest BCUT2D eigenvalue weighted by Gasteiger charge is -2.17. The molecule has 1 aliphatic rings. The Kier molecular flexibility index (Phi) is 5.17. The minimum Gasteiger partial charge on any atom is -0.479 e. The van der Waals surface area contributed by atoms with Crippen molar-refractivity contribution in [3.63, 3.8) is 0 Å².